The Kier molecular flexibility index (Phi) is 4.02. The number of fused-ring (bicyclic) bond motifs is 12. The molecule has 0 bridgehead atoms. The van der Waals surface area contributed by atoms with E-state index < -0.39 is 5.41 Å². The average Bonchev–Trinajstić information content (AvgIpc) is 3.47. The van der Waals surface area contributed by atoms with E-state index in [9.17, 15) is 0 Å². The molecular weight excluding hydrogens is 474 g/mol. The summed E-state index contributed by atoms with van der Waals surface area (Å²) in [5, 5.41) is 0. The molecule has 0 saturated carbocycles. The maximum absolute atomic E-state index is 6.40. The fourth-order valence-corrected chi connectivity index (χ4v) is 7.28. The van der Waals surface area contributed by atoms with Gasteiger partial charge >= 0.3 is 0 Å². The normalized spacial score (nSPS) is 14.5. The topological polar surface area (TPSA) is 12.5 Å². The van der Waals surface area contributed by atoms with E-state index in [1.54, 1.807) is 0 Å². The highest BCUT2D eigenvalue weighted by Crippen LogP contribution is 2.66. The lowest BCUT2D eigenvalue weighted by Crippen LogP contribution is -2.28. The van der Waals surface area contributed by atoms with Crippen molar-refractivity contribution in [2.75, 3.05) is 4.90 Å². The molecule has 0 N–H and O–H groups in total. The first-order chi connectivity index (χ1) is 19.4. The second kappa shape index (κ2) is 7.49. The molecule has 0 radical (unpaired) electrons. The summed E-state index contributed by atoms with van der Waals surface area (Å²) in [4.78, 5) is 2.41. The van der Waals surface area contributed by atoms with Crippen LogP contribution < -0.4 is 9.64 Å². The van der Waals surface area contributed by atoms with Gasteiger partial charge in [-0.2, -0.15) is 0 Å². The highest BCUT2D eigenvalue weighted by Gasteiger charge is 2.53. The van der Waals surface area contributed by atoms with Gasteiger partial charge in [-0.25, -0.2) is 0 Å². The van der Waals surface area contributed by atoms with Crippen molar-refractivity contribution >= 4 is 17.1 Å². The second-order valence-electron chi connectivity index (χ2n) is 10.5. The molecule has 0 saturated heterocycles. The monoisotopic (exact) mass is 497 g/mol. The van der Waals surface area contributed by atoms with Crippen molar-refractivity contribution in [3.8, 4) is 33.8 Å². The molecule has 182 valence electrons. The van der Waals surface area contributed by atoms with Crippen LogP contribution in [0, 0.1) is 0 Å². The Morgan fingerprint density at radius 3 is 1.36 bits per heavy atom. The zero-order valence-corrected chi connectivity index (χ0v) is 21.1. The van der Waals surface area contributed by atoms with Gasteiger partial charge in [-0.3, -0.25) is 0 Å². The van der Waals surface area contributed by atoms with Crippen LogP contribution in [0.3, 0.4) is 0 Å². The van der Waals surface area contributed by atoms with Crippen molar-refractivity contribution < 1.29 is 4.74 Å². The molecule has 1 spiro atoms. The number of para-hydroxylation sites is 4. The molecule has 0 amide bonds. The second-order valence-corrected chi connectivity index (χ2v) is 10.5. The van der Waals surface area contributed by atoms with Gasteiger partial charge in [0, 0.05) is 5.56 Å². The van der Waals surface area contributed by atoms with Crippen molar-refractivity contribution in [1.82, 2.24) is 0 Å². The molecule has 6 aromatic carbocycles. The first kappa shape index (κ1) is 20.9. The molecule has 0 fully saturated rings. The third kappa shape index (κ3) is 2.51. The summed E-state index contributed by atoms with van der Waals surface area (Å²) >= 11 is 0. The third-order valence-electron chi connectivity index (χ3n) is 8.66. The highest BCUT2D eigenvalue weighted by atomic mass is 16.5. The summed E-state index contributed by atoms with van der Waals surface area (Å²) in [5.41, 5.74) is 13.4. The fraction of sp³-hybridized carbons (Fsp3) is 0.0270. The molecule has 2 nitrogen and oxygen atoms in total. The van der Waals surface area contributed by atoms with Gasteiger partial charge in [0.1, 0.15) is 0 Å². The van der Waals surface area contributed by atoms with E-state index in [1.165, 1.54) is 50.2 Å². The van der Waals surface area contributed by atoms with Crippen LogP contribution in [0.1, 0.15) is 22.3 Å². The summed E-state index contributed by atoms with van der Waals surface area (Å²) in [6.07, 6.45) is 0. The number of ether oxygens (including phenoxy) is 1. The summed E-state index contributed by atoms with van der Waals surface area (Å²) in [6, 6.07) is 50.4. The van der Waals surface area contributed by atoms with Crippen LogP contribution in [0.15, 0.2) is 140 Å². The number of rotatable bonds is 1. The summed E-state index contributed by atoms with van der Waals surface area (Å²) < 4.78 is 6.40. The van der Waals surface area contributed by atoms with E-state index >= 15 is 0 Å². The molecule has 3 aliphatic rings. The maximum atomic E-state index is 6.40. The van der Waals surface area contributed by atoms with Crippen molar-refractivity contribution in [2.45, 2.75) is 5.41 Å². The van der Waals surface area contributed by atoms with E-state index in [1.807, 2.05) is 12.1 Å². The third-order valence-corrected chi connectivity index (χ3v) is 8.66. The lowest BCUT2D eigenvalue weighted by atomic mass is 9.70. The zero-order valence-electron chi connectivity index (χ0n) is 21.1. The van der Waals surface area contributed by atoms with E-state index in [2.05, 4.69) is 132 Å². The molecule has 9 rings (SSSR count). The highest BCUT2D eigenvalue weighted by molar-refractivity contribution is 6.00. The Balaban J connectivity index is 1.46. The Labute approximate surface area is 227 Å². The predicted octanol–water partition coefficient (Wildman–Crippen LogP) is 9.61. The van der Waals surface area contributed by atoms with Crippen LogP contribution in [-0.2, 0) is 5.41 Å². The minimum absolute atomic E-state index is 0.419. The zero-order chi connectivity index (χ0) is 25.6. The quantitative estimate of drug-likeness (QED) is 0.224. The number of nitrogens with zero attached hydrogens (tertiary/aromatic N) is 1. The SMILES string of the molecule is c1ccc2c(c1)Oc1ccccc1N2c1cccc2c1C1(c3ccccc3-c3ccccc31)c1ccccc1-2. The van der Waals surface area contributed by atoms with Crippen LogP contribution >= 0.6 is 0 Å². The molecule has 2 heteroatoms. The lowest BCUT2D eigenvalue weighted by Gasteiger charge is -2.38. The number of benzene rings is 6. The molecule has 1 aliphatic heterocycles. The molecular formula is C37H23NO. The van der Waals surface area contributed by atoms with Gasteiger partial charge in [0.05, 0.1) is 22.5 Å². The van der Waals surface area contributed by atoms with Crippen LogP contribution in [0.25, 0.3) is 22.3 Å². The van der Waals surface area contributed by atoms with Crippen LogP contribution in [-0.4, -0.2) is 0 Å². The number of hydrogen-bond acceptors (Lipinski definition) is 2. The first-order valence-corrected chi connectivity index (χ1v) is 13.5. The molecule has 39 heavy (non-hydrogen) atoms. The maximum Gasteiger partial charge on any atom is 0.151 e. The predicted molar refractivity (Wildman–Crippen MR) is 157 cm³/mol. The molecule has 2 aliphatic carbocycles. The largest absolute Gasteiger partial charge is 0.453 e. The van der Waals surface area contributed by atoms with Gasteiger partial charge in [-0.1, -0.05) is 109 Å². The number of hydrogen-bond donors (Lipinski definition) is 0. The Morgan fingerprint density at radius 2 is 0.795 bits per heavy atom. The van der Waals surface area contributed by atoms with Crippen LogP contribution in [0.5, 0.6) is 11.5 Å². The van der Waals surface area contributed by atoms with Gasteiger partial charge in [-0.05, 0) is 69.3 Å². The molecule has 1 heterocycles. The van der Waals surface area contributed by atoms with Crippen LogP contribution in [0.4, 0.5) is 17.1 Å². The van der Waals surface area contributed by atoms with Crippen molar-refractivity contribution in [1.29, 1.82) is 0 Å². The average molecular weight is 498 g/mol. The molecule has 6 aromatic rings. The number of anilines is 3. The van der Waals surface area contributed by atoms with Crippen molar-refractivity contribution in [2.24, 2.45) is 0 Å². The molecule has 0 unspecified atom stereocenters. The van der Waals surface area contributed by atoms with E-state index in [-0.39, 0.29) is 0 Å². The Morgan fingerprint density at radius 1 is 0.385 bits per heavy atom. The smallest absolute Gasteiger partial charge is 0.151 e. The van der Waals surface area contributed by atoms with E-state index in [0.717, 1.165) is 22.9 Å². The van der Waals surface area contributed by atoms with Gasteiger partial charge in [0.25, 0.3) is 0 Å². The van der Waals surface area contributed by atoms with Gasteiger partial charge < -0.3 is 9.64 Å². The van der Waals surface area contributed by atoms with Crippen molar-refractivity contribution in [3.05, 3.63) is 162 Å². The Bertz CT molecular complexity index is 1860. The lowest BCUT2D eigenvalue weighted by molar-refractivity contribution is 0.477. The minimum Gasteiger partial charge on any atom is -0.453 e. The van der Waals surface area contributed by atoms with Gasteiger partial charge in [-0.15, -0.1) is 0 Å². The van der Waals surface area contributed by atoms with Crippen molar-refractivity contribution in [3.63, 3.8) is 0 Å². The summed E-state index contributed by atoms with van der Waals surface area (Å²) in [5.74, 6) is 1.73. The molecule has 0 atom stereocenters. The standard InChI is InChI=1S/C37H23NO/c1-4-16-28-24(12-1)25-13-2-5-17-29(25)37(28)30-18-6-3-14-26(30)27-15-11-21-33(36(27)37)38-31-19-7-9-22-34(31)39-35-23-10-8-20-32(35)38/h1-23H. The van der Waals surface area contributed by atoms with E-state index in [0.29, 0.717) is 0 Å². The van der Waals surface area contributed by atoms with Gasteiger partial charge in [0.2, 0.25) is 0 Å². The summed E-state index contributed by atoms with van der Waals surface area (Å²) in [7, 11) is 0. The fourth-order valence-electron chi connectivity index (χ4n) is 7.28. The van der Waals surface area contributed by atoms with E-state index in [4.69, 9.17) is 4.74 Å². The molecule has 0 aromatic heterocycles. The first-order valence-electron chi connectivity index (χ1n) is 13.5. The minimum atomic E-state index is -0.419. The summed E-state index contributed by atoms with van der Waals surface area (Å²) in [6.45, 7) is 0. The van der Waals surface area contributed by atoms with Crippen LogP contribution in [0.2, 0.25) is 0 Å². The Hall–Kier alpha value is -5.08. The van der Waals surface area contributed by atoms with Gasteiger partial charge in [0.15, 0.2) is 11.5 Å².